The number of nitrogens with one attached hydrogen (secondary N) is 1. The number of pyridine rings is 1. The number of rotatable bonds is 6. The highest BCUT2D eigenvalue weighted by atomic mass is 16.6. The van der Waals surface area contributed by atoms with Crippen LogP contribution in [0.5, 0.6) is 11.5 Å². The zero-order valence-electron chi connectivity index (χ0n) is 17.4. The maximum Gasteiger partial charge on any atom is 0.162 e. The van der Waals surface area contributed by atoms with E-state index in [0.29, 0.717) is 30.3 Å². The van der Waals surface area contributed by atoms with Gasteiger partial charge in [-0.3, -0.25) is 4.98 Å². The Kier molecular flexibility index (Phi) is 5.73. The standard InChI is InChI=1S/C24H25N3O3/c1-15-17(13-25)5-4-6-19(15)16(2)27-21-7-9-26-22-12-23(28-3)24(11-20(21)22)30-18-8-10-29-14-18/h4-7,9,11-12,16,18H,8,10,14H2,1-3H3,(H,26,27)/t16-,18+/m1/s1. The topological polar surface area (TPSA) is 76.4 Å². The number of nitriles is 1. The number of ether oxygens (including phenoxy) is 3. The third-order valence-corrected chi connectivity index (χ3v) is 5.54. The smallest absolute Gasteiger partial charge is 0.162 e. The molecule has 6 nitrogen and oxygen atoms in total. The molecule has 1 aliphatic rings. The second kappa shape index (κ2) is 8.60. The third kappa shape index (κ3) is 3.89. The van der Waals surface area contributed by atoms with Crippen LogP contribution in [0.1, 0.15) is 36.1 Å². The van der Waals surface area contributed by atoms with Crippen molar-refractivity contribution < 1.29 is 14.2 Å². The minimum Gasteiger partial charge on any atom is -0.493 e. The van der Waals surface area contributed by atoms with Gasteiger partial charge >= 0.3 is 0 Å². The molecule has 1 fully saturated rings. The van der Waals surface area contributed by atoms with Gasteiger partial charge in [0.1, 0.15) is 6.10 Å². The SMILES string of the molecule is COc1cc2nccc(N[C@H](C)c3cccc(C#N)c3C)c2cc1O[C@H]1CCOC1. The molecule has 0 unspecified atom stereocenters. The minimum atomic E-state index is 0.0126. The van der Waals surface area contributed by atoms with Gasteiger partial charge in [0.15, 0.2) is 11.5 Å². The fraction of sp³-hybridized carbons (Fsp3) is 0.333. The number of fused-ring (bicyclic) bond motifs is 1. The van der Waals surface area contributed by atoms with Gasteiger partial charge in [0.25, 0.3) is 0 Å². The van der Waals surface area contributed by atoms with Gasteiger partial charge in [0, 0.05) is 35.8 Å². The lowest BCUT2D eigenvalue weighted by molar-refractivity contribution is 0.139. The van der Waals surface area contributed by atoms with Crippen LogP contribution in [-0.2, 0) is 4.74 Å². The normalized spacial score (nSPS) is 16.8. The van der Waals surface area contributed by atoms with E-state index in [1.54, 1.807) is 13.3 Å². The van der Waals surface area contributed by atoms with Crippen molar-refractivity contribution in [2.45, 2.75) is 32.4 Å². The summed E-state index contributed by atoms with van der Waals surface area (Å²) in [6.45, 7) is 5.38. The number of anilines is 1. The molecule has 1 aromatic heterocycles. The van der Waals surface area contributed by atoms with E-state index >= 15 is 0 Å². The van der Waals surface area contributed by atoms with E-state index in [4.69, 9.17) is 14.2 Å². The maximum absolute atomic E-state index is 9.34. The van der Waals surface area contributed by atoms with Crippen molar-refractivity contribution in [3.8, 4) is 17.6 Å². The van der Waals surface area contributed by atoms with E-state index in [1.165, 1.54) is 0 Å². The predicted octanol–water partition coefficient (Wildman–Crippen LogP) is 4.76. The highest BCUT2D eigenvalue weighted by Gasteiger charge is 2.20. The third-order valence-electron chi connectivity index (χ3n) is 5.54. The lowest BCUT2D eigenvalue weighted by Crippen LogP contribution is -2.16. The Balaban J connectivity index is 1.69. The first-order valence-electron chi connectivity index (χ1n) is 10.1. The van der Waals surface area contributed by atoms with Gasteiger partial charge in [-0.05, 0) is 43.2 Å². The lowest BCUT2D eigenvalue weighted by atomic mass is 9.98. The van der Waals surface area contributed by atoms with Crippen LogP contribution in [0.15, 0.2) is 42.6 Å². The Bertz CT molecular complexity index is 1100. The Morgan fingerprint density at radius 2 is 2.13 bits per heavy atom. The molecule has 1 aliphatic heterocycles. The summed E-state index contributed by atoms with van der Waals surface area (Å²) in [6.07, 6.45) is 2.67. The average Bonchev–Trinajstić information content (AvgIpc) is 3.27. The molecule has 2 heterocycles. The van der Waals surface area contributed by atoms with Crippen LogP contribution in [0.4, 0.5) is 5.69 Å². The van der Waals surface area contributed by atoms with Crippen LogP contribution in [0.2, 0.25) is 0 Å². The largest absolute Gasteiger partial charge is 0.493 e. The molecule has 3 aromatic rings. The van der Waals surface area contributed by atoms with Crippen molar-refractivity contribution in [3.05, 3.63) is 59.3 Å². The van der Waals surface area contributed by atoms with E-state index in [9.17, 15) is 5.26 Å². The molecule has 0 radical (unpaired) electrons. The summed E-state index contributed by atoms with van der Waals surface area (Å²) in [5, 5.41) is 13.9. The second-order valence-electron chi connectivity index (χ2n) is 7.48. The maximum atomic E-state index is 9.34. The van der Waals surface area contributed by atoms with Gasteiger partial charge in [-0.15, -0.1) is 0 Å². The molecule has 2 aromatic carbocycles. The molecular formula is C24H25N3O3. The average molecular weight is 403 g/mol. The van der Waals surface area contributed by atoms with Crippen LogP contribution in [-0.4, -0.2) is 31.4 Å². The zero-order valence-corrected chi connectivity index (χ0v) is 17.4. The Hall–Kier alpha value is -3.30. The second-order valence-corrected chi connectivity index (χ2v) is 7.48. The van der Waals surface area contributed by atoms with Crippen molar-refractivity contribution in [2.24, 2.45) is 0 Å². The van der Waals surface area contributed by atoms with Crippen molar-refractivity contribution in [3.63, 3.8) is 0 Å². The summed E-state index contributed by atoms with van der Waals surface area (Å²) in [5.74, 6) is 1.34. The lowest BCUT2D eigenvalue weighted by Gasteiger charge is -2.21. The molecule has 4 rings (SSSR count). The van der Waals surface area contributed by atoms with Crippen LogP contribution in [0.25, 0.3) is 10.9 Å². The summed E-state index contributed by atoms with van der Waals surface area (Å²) in [6, 6.07) is 13.9. The number of hydrogen-bond acceptors (Lipinski definition) is 6. The summed E-state index contributed by atoms with van der Waals surface area (Å²) in [5.41, 5.74) is 4.54. The quantitative estimate of drug-likeness (QED) is 0.639. The molecule has 6 heteroatoms. The summed E-state index contributed by atoms with van der Waals surface area (Å²) in [7, 11) is 1.63. The van der Waals surface area contributed by atoms with E-state index in [1.807, 2.05) is 37.3 Å². The van der Waals surface area contributed by atoms with E-state index in [-0.39, 0.29) is 12.1 Å². The summed E-state index contributed by atoms with van der Waals surface area (Å²) in [4.78, 5) is 4.51. The van der Waals surface area contributed by atoms with Crippen molar-refractivity contribution >= 4 is 16.6 Å². The van der Waals surface area contributed by atoms with Crippen molar-refractivity contribution in [1.82, 2.24) is 4.98 Å². The molecule has 0 amide bonds. The van der Waals surface area contributed by atoms with E-state index in [2.05, 4.69) is 29.4 Å². The monoisotopic (exact) mass is 403 g/mol. The van der Waals surface area contributed by atoms with Gasteiger partial charge in [-0.2, -0.15) is 5.26 Å². The molecule has 2 atom stereocenters. The number of aromatic nitrogens is 1. The molecule has 30 heavy (non-hydrogen) atoms. The van der Waals surface area contributed by atoms with E-state index in [0.717, 1.165) is 34.1 Å². The summed E-state index contributed by atoms with van der Waals surface area (Å²) < 4.78 is 17.1. The summed E-state index contributed by atoms with van der Waals surface area (Å²) >= 11 is 0. The molecular weight excluding hydrogens is 378 g/mol. The van der Waals surface area contributed by atoms with Crippen LogP contribution in [0.3, 0.4) is 0 Å². The highest BCUT2D eigenvalue weighted by molar-refractivity contribution is 5.93. The number of hydrogen-bond donors (Lipinski definition) is 1. The number of methoxy groups -OCH3 is 1. The molecule has 0 bridgehead atoms. The molecule has 0 spiro atoms. The van der Waals surface area contributed by atoms with E-state index < -0.39 is 0 Å². The Labute approximate surface area is 176 Å². The molecule has 1 N–H and O–H groups in total. The van der Waals surface area contributed by atoms with Crippen molar-refractivity contribution in [1.29, 1.82) is 5.26 Å². The van der Waals surface area contributed by atoms with Crippen LogP contribution in [0, 0.1) is 18.3 Å². The van der Waals surface area contributed by atoms with Gasteiger partial charge in [-0.25, -0.2) is 0 Å². The fourth-order valence-electron chi connectivity index (χ4n) is 3.87. The van der Waals surface area contributed by atoms with Crippen LogP contribution < -0.4 is 14.8 Å². The van der Waals surface area contributed by atoms with Gasteiger partial charge < -0.3 is 19.5 Å². The van der Waals surface area contributed by atoms with Gasteiger partial charge in [0.05, 0.1) is 37.5 Å². The van der Waals surface area contributed by atoms with Gasteiger partial charge in [-0.1, -0.05) is 12.1 Å². The highest BCUT2D eigenvalue weighted by Crippen LogP contribution is 2.37. The zero-order chi connectivity index (χ0) is 21.1. The molecule has 154 valence electrons. The molecule has 0 saturated carbocycles. The van der Waals surface area contributed by atoms with Crippen LogP contribution >= 0.6 is 0 Å². The number of benzene rings is 2. The molecule has 1 saturated heterocycles. The van der Waals surface area contributed by atoms with Crippen molar-refractivity contribution in [2.75, 3.05) is 25.6 Å². The van der Waals surface area contributed by atoms with Gasteiger partial charge in [0.2, 0.25) is 0 Å². The first-order valence-corrected chi connectivity index (χ1v) is 10.1. The molecule has 0 aliphatic carbocycles. The number of nitrogens with zero attached hydrogens (tertiary/aromatic N) is 2. The minimum absolute atomic E-state index is 0.0126. The first-order chi connectivity index (χ1) is 14.6. The Morgan fingerprint density at radius 3 is 2.87 bits per heavy atom. The first kappa shape index (κ1) is 20.0. The predicted molar refractivity (Wildman–Crippen MR) is 116 cm³/mol. The Morgan fingerprint density at radius 1 is 1.27 bits per heavy atom. The fourth-order valence-corrected chi connectivity index (χ4v) is 3.87.